The minimum absolute atomic E-state index is 0.240. The summed E-state index contributed by atoms with van der Waals surface area (Å²) in [6.07, 6.45) is 0. The van der Waals surface area contributed by atoms with Crippen LogP contribution in [0.2, 0.25) is 0 Å². The highest BCUT2D eigenvalue weighted by Gasteiger charge is 2.18. The molecule has 1 heterocycles. The second-order valence-electron chi connectivity index (χ2n) is 7.62. The summed E-state index contributed by atoms with van der Waals surface area (Å²) >= 11 is 0. The molecule has 4 aromatic rings. The third-order valence-corrected chi connectivity index (χ3v) is 5.58. The van der Waals surface area contributed by atoms with Crippen LogP contribution in [0.15, 0.2) is 66.7 Å². The summed E-state index contributed by atoms with van der Waals surface area (Å²) in [7, 11) is 6.08. The van der Waals surface area contributed by atoms with Crippen LogP contribution >= 0.6 is 0 Å². The van der Waals surface area contributed by atoms with E-state index in [1.54, 1.807) is 56.7 Å². The van der Waals surface area contributed by atoms with Gasteiger partial charge in [-0.1, -0.05) is 18.2 Å². The van der Waals surface area contributed by atoms with Gasteiger partial charge >= 0.3 is 0 Å². The van der Waals surface area contributed by atoms with Crippen molar-refractivity contribution in [1.82, 2.24) is 15.8 Å². The van der Waals surface area contributed by atoms with Gasteiger partial charge in [0.15, 0.2) is 11.5 Å². The number of rotatable bonds is 7. The number of para-hydroxylation sites is 1. The molecule has 2 amide bonds. The number of hydrogen-bond donors (Lipinski definition) is 2. The SMILES string of the molecule is COc1ccc(C(=O)NNC(=O)c2cc(-c3ccc(OC)c(OC)c3)nc3ccccc23)c(OC)c1. The van der Waals surface area contributed by atoms with Crippen molar-refractivity contribution >= 4 is 22.7 Å². The average molecular weight is 488 g/mol. The summed E-state index contributed by atoms with van der Waals surface area (Å²) in [6.45, 7) is 0. The van der Waals surface area contributed by atoms with Crippen molar-refractivity contribution in [3.05, 3.63) is 77.9 Å². The lowest BCUT2D eigenvalue weighted by Crippen LogP contribution is -2.41. The van der Waals surface area contributed by atoms with Crippen LogP contribution in [0.1, 0.15) is 20.7 Å². The molecule has 3 aromatic carbocycles. The molecule has 1 aromatic heterocycles. The van der Waals surface area contributed by atoms with Gasteiger partial charge in [0.05, 0.1) is 50.8 Å². The van der Waals surface area contributed by atoms with E-state index in [1.165, 1.54) is 14.2 Å². The van der Waals surface area contributed by atoms with Gasteiger partial charge < -0.3 is 18.9 Å². The Balaban J connectivity index is 1.64. The lowest BCUT2D eigenvalue weighted by molar-refractivity contribution is 0.0845. The number of fused-ring (bicyclic) bond motifs is 1. The molecule has 0 saturated heterocycles. The van der Waals surface area contributed by atoms with E-state index in [-0.39, 0.29) is 5.56 Å². The summed E-state index contributed by atoms with van der Waals surface area (Å²) in [5, 5.41) is 0.635. The van der Waals surface area contributed by atoms with E-state index in [1.807, 2.05) is 24.3 Å². The molecule has 0 fully saturated rings. The van der Waals surface area contributed by atoms with Crippen LogP contribution in [0.3, 0.4) is 0 Å². The maximum absolute atomic E-state index is 13.2. The van der Waals surface area contributed by atoms with Crippen LogP contribution in [-0.4, -0.2) is 45.2 Å². The number of ether oxygens (including phenoxy) is 4. The van der Waals surface area contributed by atoms with Crippen LogP contribution in [0.4, 0.5) is 0 Å². The normalized spacial score (nSPS) is 10.4. The number of benzene rings is 3. The van der Waals surface area contributed by atoms with Crippen molar-refractivity contribution in [2.75, 3.05) is 28.4 Å². The molecule has 0 aliphatic rings. The first kappa shape index (κ1) is 24.3. The van der Waals surface area contributed by atoms with Crippen molar-refractivity contribution in [2.24, 2.45) is 0 Å². The maximum Gasteiger partial charge on any atom is 0.273 e. The van der Waals surface area contributed by atoms with Crippen LogP contribution < -0.4 is 29.8 Å². The Kier molecular flexibility index (Phi) is 7.20. The van der Waals surface area contributed by atoms with Gasteiger partial charge in [0.1, 0.15) is 11.5 Å². The fraction of sp³-hybridized carbons (Fsp3) is 0.148. The van der Waals surface area contributed by atoms with Gasteiger partial charge in [-0.2, -0.15) is 0 Å². The molecule has 0 bridgehead atoms. The van der Waals surface area contributed by atoms with Crippen molar-refractivity contribution < 1.29 is 28.5 Å². The first-order chi connectivity index (χ1) is 17.5. The molecule has 184 valence electrons. The molecule has 9 heteroatoms. The highest BCUT2D eigenvalue weighted by atomic mass is 16.5. The monoisotopic (exact) mass is 487 g/mol. The van der Waals surface area contributed by atoms with Gasteiger partial charge in [-0.25, -0.2) is 4.98 Å². The number of amides is 2. The Morgan fingerprint density at radius 1 is 0.667 bits per heavy atom. The molecule has 0 radical (unpaired) electrons. The van der Waals surface area contributed by atoms with Crippen molar-refractivity contribution in [2.45, 2.75) is 0 Å². The number of methoxy groups -OCH3 is 4. The van der Waals surface area contributed by atoms with Crippen LogP contribution in [-0.2, 0) is 0 Å². The second-order valence-corrected chi connectivity index (χ2v) is 7.62. The largest absolute Gasteiger partial charge is 0.497 e. The number of nitrogens with zero attached hydrogens (tertiary/aromatic N) is 1. The smallest absolute Gasteiger partial charge is 0.273 e. The average Bonchev–Trinajstić information content (AvgIpc) is 2.94. The van der Waals surface area contributed by atoms with Gasteiger partial charge in [-0.3, -0.25) is 20.4 Å². The van der Waals surface area contributed by atoms with E-state index in [9.17, 15) is 9.59 Å². The summed E-state index contributed by atoms with van der Waals surface area (Å²) in [6, 6.07) is 19.1. The summed E-state index contributed by atoms with van der Waals surface area (Å²) in [5.74, 6) is 0.926. The maximum atomic E-state index is 13.2. The van der Waals surface area contributed by atoms with E-state index >= 15 is 0 Å². The molecule has 0 aliphatic heterocycles. The topological polar surface area (TPSA) is 108 Å². The Bertz CT molecular complexity index is 1440. The Labute approximate surface area is 207 Å². The quantitative estimate of drug-likeness (QED) is 0.379. The zero-order valence-corrected chi connectivity index (χ0v) is 20.2. The second kappa shape index (κ2) is 10.6. The van der Waals surface area contributed by atoms with Gasteiger partial charge in [-0.15, -0.1) is 0 Å². The van der Waals surface area contributed by atoms with Gasteiger partial charge in [0, 0.05) is 17.0 Å². The zero-order chi connectivity index (χ0) is 25.7. The van der Waals surface area contributed by atoms with E-state index < -0.39 is 11.8 Å². The highest BCUT2D eigenvalue weighted by molar-refractivity contribution is 6.08. The summed E-state index contributed by atoms with van der Waals surface area (Å²) < 4.78 is 21.2. The molecular weight excluding hydrogens is 462 g/mol. The predicted octanol–water partition coefficient (Wildman–Crippen LogP) is 4.01. The molecule has 4 rings (SSSR count). The minimum Gasteiger partial charge on any atom is -0.497 e. The molecule has 9 nitrogen and oxygen atoms in total. The third-order valence-electron chi connectivity index (χ3n) is 5.58. The van der Waals surface area contributed by atoms with Gasteiger partial charge in [-0.05, 0) is 42.5 Å². The fourth-order valence-corrected chi connectivity index (χ4v) is 3.74. The van der Waals surface area contributed by atoms with Crippen molar-refractivity contribution in [1.29, 1.82) is 0 Å². The van der Waals surface area contributed by atoms with E-state index in [4.69, 9.17) is 23.9 Å². The van der Waals surface area contributed by atoms with Crippen LogP contribution in [0.25, 0.3) is 22.2 Å². The zero-order valence-electron chi connectivity index (χ0n) is 20.2. The number of carbonyl (C=O) groups is 2. The third kappa shape index (κ3) is 4.85. The first-order valence-electron chi connectivity index (χ1n) is 10.9. The number of hydrogen-bond acceptors (Lipinski definition) is 7. The van der Waals surface area contributed by atoms with E-state index in [0.29, 0.717) is 45.2 Å². The van der Waals surface area contributed by atoms with Crippen LogP contribution in [0.5, 0.6) is 23.0 Å². The lowest BCUT2D eigenvalue weighted by Gasteiger charge is -2.14. The van der Waals surface area contributed by atoms with Crippen molar-refractivity contribution in [3.63, 3.8) is 0 Å². The summed E-state index contributed by atoms with van der Waals surface area (Å²) in [5.41, 5.74) is 7.44. The van der Waals surface area contributed by atoms with Gasteiger partial charge in [0.25, 0.3) is 11.8 Å². The number of hydrazine groups is 1. The number of pyridine rings is 1. The molecule has 0 unspecified atom stereocenters. The Hall–Kier alpha value is -4.79. The molecule has 36 heavy (non-hydrogen) atoms. The summed E-state index contributed by atoms with van der Waals surface area (Å²) in [4.78, 5) is 30.7. The highest BCUT2D eigenvalue weighted by Crippen LogP contribution is 2.33. The molecule has 0 saturated carbocycles. The van der Waals surface area contributed by atoms with E-state index in [0.717, 1.165) is 5.56 Å². The Morgan fingerprint density at radius 3 is 2.06 bits per heavy atom. The number of carbonyl (C=O) groups excluding carboxylic acids is 2. The molecule has 0 aliphatic carbocycles. The molecular formula is C27H25N3O6. The van der Waals surface area contributed by atoms with Gasteiger partial charge in [0.2, 0.25) is 0 Å². The fourth-order valence-electron chi connectivity index (χ4n) is 3.74. The minimum atomic E-state index is -0.540. The molecule has 0 atom stereocenters. The van der Waals surface area contributed by atoms with E-state index in [2.05, 4.69) is 10.9 Å². The number of aromatic nitrogens is 1. The van der Waals surface area contributed by atoms with Crippen molar-refractivity contribution in [3.8, 4) is 34.3 Å². The van der Waals surface area contributed by atoms with Crippen LogP contribution in [0, 0.1) is 0 Å². The lowest BCUT2D eigenvalue weighted by atomic mass is 10.0. The molecule has 0 spiro atoms. The molecule has 2 N–H and O–H groups in total. The number of nitrogens with one attached hydrogen (secondary N) is 2. The Morgan fingerprint density at radius 2 is 1.36 bits per heavy atom. The standard InChI is InChI=1S/C27H25N3O6/c1-33-17-10-11-19(24(14-17)35-3)26(31)29-30-27(32)20-15-22(28-21-8-6-5-7-18(20)21)16-9-12-23(34-2)25(13-16)36-4/h5-15H,1-4H3,(H,29,31)(H,30,32). The predicted molar refractivity (Wildman–Crippen MR) is 135 cm³/mol. The first-order valence-corrected chi connectivity index (χ1v) is 10.9.